The lowest BCUT2D eigenvalue weighted by Gasteiger charge is -2.36. The molecule has 29 heavy (non-hydrogen) atoms. The Labute approximate surface area is 170 Å². The third-order valence-electron chi connectivity index (χ3n) is 6.29. The van der Waals surface area contributed by atoms with E-state index < -0.39 is 30.7 Å². The number of urea groups is 1. The maximum absolute atomic E-state index is 12.9. The van der Waals surface area contributed by atoms with E-state index >= 15 is 0 Å². The van der Waals surface area contributed by atoms with E-state index in [0.717, 1.165) is 40.9 Å². The minimum Gasteiger partial charge on any atom is -0.456 e. The van der Waals surface area contributed by atoms with Crippen LogP contribution in [0.2, 0.25) is 0 Å². The van der Waals surface area contributed by atoms with Gasteiger partial charge in [-0.1, -0.05) is 25.8 Å². The fourth-order valence-corrected chi connectivity index (χ4v) is 4.30. The number of imide groups is 1. The van der Waals surface area contributed by atoms with Gasteiger partial charge in [0.25, 0.3) is 5.91 Å². The molecule has 1 aromatic rings. The van der Waals surface area contributed by atoms with Crippen LogP contribution in [0, 0.1) is 26.7 Å². The molecule has 0 unspecified atom stereocenters. The van der Waals surface area contributed by atoms with Crippen LogP contribution >= 0.6 is 0 Å². The van der Waals surface area contributed by atoms with Crippen LogP contribution in [0.1, 0.15) is 59.7 Å². The van der Waals surface area contributed by atoms with Crippen molar-refractivity contribution < 1.29 is 23.9 Å². The highest BCUT2D eigenvalue weighted by molar-refractivity contribution is 6.09. The van der Waals surface area contributed by atoms with Gasteiger partial charge in [-0.05, 0) is 62.3 Å². The van der Waals surface area contributed by atoms with Gasteiger partial charge < -0.3 is 10.1 Å². The normalized spacial score (nSPS) is 24.0. The molecule has 0 aromatic heterocycles. The second-order valence-corrected chi connectivity index (χ2v) is 8.27. The summed E-state index contributed by atoms with van der Waals surface area (Å²) in [6, 6.07) is 3.13. The van der Waals surface area contributed by atoms with Crippen LogP contribution in [0.5, 0.6) is 0 Å². The summed E-state index contributed by atoms with van der Waals surface area (Å²) in [7, 11) is 0. The summed E-state index contributed by atoms with van der Waals surface area (Å²) in [4.78, 5) is 50.8. The molecule has 1 aliphatic heterocycles. The van der Waals surface area contributed by atoms with E-state index in [1.165, 1.54) is 0 Å². The van der Waals surface area contributed by atoms with E-state index in [0.29, 0.717) is 12.0 Å². The number of ether oxygens (including phenoxy) is 1. The van der Waals surface area contributed by atoms with Crippen molar-refractivity contribution in [3.63, 3.8) is 0 Å². The lowest BCUT2D eigenvalue weighted by atomic mass is 9.73. The maximum Gasteiger partial charge on any atom is 0.326 e. The number of aryl methyl sites for hydroxylation is 3. The van der Waals surface area contributed by atoms with Crippen LogP contribution in [0.3, 0.4) is 0 Å². The number of carbonyl (C=O) groups excluding carboxylic acids is 4. The summed E-state index contributed by atoms with van der Waals surface area (Å²) in [5.41, 5.74) is 2.47. The lowest BCUT2D eigenvalue weighted by molar-refractivity contribution is -0.147. The number of carbonyl (C=O) groups is 4. The highest BCUT2D eigenvalue weighted by atomic mass is 16.5. The number of Topliss-reactive ketones (excluding diaryl/α,β-unsaturated/α-hetero) is 1. The van der Waals surface area contributed by atoms with Crippen molar-refractivity contribution in [3.05, 3.63) is 34.4 Å². The van der Waals surface area contributed by atoms with Crippen molar-refractivity contribution in [2.75, 3.05) is 13.2 Å². The van der Waals surface area contributed by atoms with Gasteiger partial charge in [-0.15, -0.1) is 0 Å². The summed E-state index contributed by atoms with van der Waals surface area (Å²) in [6.07, 6.45) is 3.32. The largest absolute Gasteiger partial charge is 0.456 e. The molecule has 2 atom stereocenters. The van der Waals surface area contributed by atoms with Gasteiger partial charge in [-0.25, -0.2) is 4.79 Å². The number of amides is 3. The summed E-state index contributed by atoms with van der Waals surface area (Å²) in [5.74, 6) is -1.44. The number of rotatable bonds is 5. The maximum atomic E-state index is 12.9. The van der Waals surface area contributed by atoms with Crippen LogP contribution in [-0.2, 0) is 14.3 Å². The van der Waals surface area contributed by atoms with Crippen molar-refractivity contribution in [2.45, 2.75) is 58.9 Å². The van der Waals surface area contributed by atoms with E-state index in [1.54, 1.807) is 6.07 Å². The van der Waals surface area contributed by atoms with Gasteiger partial charge in [0.2, 0.25) is 5.78 Å². The van der Waals surface area contributed by atoms with E-state index in [2.05, 4.69) is 5.32 Å². The highest BCUT2D eigenvalue weighted by Gasteiger charge is 2.55. The quantitative estimate of drug-likeness (QED) is 0.466. The number of ketones is 1. The minimum atomic E-state index is -0.915. The van der Waals surface area contributed by atoms with Gasteiger partial charge >= 0.3 is 12.0 Å². The molecule has 3 rings (SSSR count). The first-order valence-electron chi connectivity index (χ1n) is 10.1. The average Bonchev–Trinajstić information content (AvgIpc) is 2.90. The molecule has 3 amide bonds. The minimum absolute atomic E-state index is 0.0167. The van der Waals surface area contributed by atoms with E-state index in [9.17, 15) is 19.2 Å². The first-order chi connectivity index (χ1) is 13.7. The molecule has 2 fully saturated rings. The van der Waals surface area contributed by atoms with Gasteiger partial charge in [-0.2, -0.15) is 0 Å². The second-order valence-electron chi connectivity index (χ2n) is 8.27. The number of nitrogens with zero attached hydrogens (tertiary/aromatic N) is 1. The Morgan fingerprint density at radius 2 is 1.83 bits per heavy atom. The zero-order valence-corrected chi connectivity index (χ0v) is 17.5. The van der Waals surface area contributed by atoms with Crippen LogP contribution in [0.15, 0.2) is 12.1 Å². The van der Waals surface area contributed by atoms with Gasteiger partial charge in [0, 0.05) is 5.56 Å². The molecular formula is C22H28N2O5. The predicted molar refractivity (Wildman–Crippen MR) is 107 cm³/mol. The number of benzene rings is 1. The Balaban J connectivity index is 1.61. The second kappa shape index (κ2) is 7.97. The van der Waals surface area contributed by atoms with Gasteiger partial charge in [0.15, 0.2) is 6.61 Å². The zero-order chi connectivity index (χ0) is 21.3. The number of hydrogen-bond acceptors (Lipinski definition) is 5. The molecule has 7 heteroatoms. The molecule has 7 nitrogen and oxygen atoms in total. The molecule has 1 spiro atoms. The lowest BCUT2D eigenvalue weighted by Crippen LogP contribution is -2.54. The van der Waals surface area contributed by atoms with Crippen LogP contribution in [-0.4, -0.2) is 47.3 Å². The third-order valence-corrected chi connectivity index (χ3v) is 6.29. The van der Waals surface area contributed by atoms with Crippen molar-refractivity contribution in [2.24, 2.45) is 5.92 Å². The predicted octanol–water partition coefficient (Wildman–Crippen LogP) is 2.84. The average molecular weight is 400 g/mol. The van der Waals surface area contributed by atoms with Crippen molar-refractivity contribution in [1.82, 2.24) is 10.2 Å². The molecule has 156 valence electrons. The summed E-state index contributed by atoms with van der Waals surface area (Å²) in [5, 5.41) is 2.80. The third kappa shape index (κ3) is 3.91. The Bertz CT molecular complexity index is 878. The fourth-order valence-electron chi connectivity index (χ4n) is 4.30. The molecule has 1 aliphatic carbocycles. The SMILES string of the molecule is Cc1cc(C)c(C(=O)COC(=O)CN2C(=O)N[C@@]3(CCCC[C@H]3C)C2=O)cc1C. The van der Waals surface area contributed by atoms with Crippen LogP contribution in [0.25, 0.3) is 0 Å². The summed E-state index contributed by atoms with van der Waals surface area (Å²) in [6.45, 7) is 6.75. The Kier molecular flexibility index (Phi) is 5.78. The van der Waals surface area contributed by atoms with Crippen LogP contribution in [0.4, 0.5) is 4.79 Å². The van der Waals surface area contributed by atoms with E-state index in [-0.39, 0.29) is 17.6 Å². The number of nitrogens with one attached hydrogen (secondary N) is 1. The van der Waals surface area contributed by atoms with E-state index in [4.69, 9.17) is 4.74 Å². The van der Waals surface area contributed by atoms with Crippen molar-refractivity contribution >= 4 is 23.7 Å². The standard InChI is InChI=1S/C22H28N2O5/c1-13-9-15(3)17(10-14(13)2)18(25)12-29-19(26)11-24-20(27)22(23-21(24)28)8-6-5-7-16(22)4/h9-10,16H,5-8,11-12H2,1-4H3,(H,23,28)/t16-,22-/m1/s1. The monoisotopic (exact) mass is 400 g/mol. The molecule has 1 heterocycles. The molecule has 1 aromatic carbocycles. The molecule has 0 radical (unpaired) electrons. The Hall–Kier alpha value is -2.70. The summed E-state index contributed by atoms with van der Waals surface area (Å²) < 4.78 is 5.08. The van der Waals surface area contributed by atoms with Gasteiger partial charge in [-0.3, -0.25) is 19.3 Å². The first kappa shape index (κ1) is 21.0. The van der Waals surface area contributed by atoms with Gasteiger partial charge in [0.05, 0.1) is 0 Å². The Morgan fingerprint density at radius 3 is 2.52 bits per heavy atom. The molecule has 2 aliphatic rings. The highest BCUT2D eigenvalue weighted by Crippen LogP contribution is 2.38. The fraction of sp³-hybridized carbons (Fsp3) is 0.545. The smallest absolute Gasteiger partial charge is 0.326 e. The zero-order valence-electron chi connectivity index (χ0n) is 17.5. The van der Waals surface area contributed by atoms with Crippen molar-refractivity contribution in [3.8, 4) is 0 Å². The topological polar surface area (TPSA) is 92.8 Å². The molecule has 1 saturated carbocycles. The molecule has 1 saturated heterocycles. The Morgan fingerprint density at radius 1 is 1.14 bits per heavy atom. The van der Waals surface area contributed by atoms with Crippen molar-refractivity contribution in [1.29, 1.82) is 0 Å². The summed E-state index contributed by atoms with van der Waals surface area (Å²) >= 11 is 0. The first-order valence-corrected chi connectivity index (χ1v) is 10.1. The number of hydrogen-bond donors (Lipinski definition) is 1. The molecule has 1 N–H and O–H groups in total. The molecular weight excluding hydrogens is 372 g/mol. The molecule has 0 bridgehead atoms. The van der Waals surface area contributed by atoms with E-state index in [1.807, 2.05) is 33.8 Å². The number of esters is 1. The van der Waals surface area contributed by atoms with Crippen LogP contribution < -0.4 is 5.32 Å². The van der Waals surface area contributed by atoms with Gasteiger partial charge in [0.1, 0.15) is 12.1 Å².